The Morgan fingerprint density at radius 3 is 1.44 bits per heavy atom. The molecule has 3 nitrogen and oxygen atoms in total. The molecule has 2 aliphatic heterocycles. The van der Waals surface area contributed by atoms with Gasteiger partial charge in [0.2, 0.25) is 0 Å². The Kier molecular flexibility index (Phi) is 5.53. The maximum absolute atomic E-state index is 6.53. The van der Waals surface area contributed by atoms with Crippen LogP contribution < -0.4 is 0 Å². The van der Waals surface area contributed by atoms with Gasteiger partial charge in [-0.3, -0.25) is 0 Å². The lowest BCUT2D eigenvalue weighted by atomic mass is 10.0. The highest BCUT2D eigenvalue weighted by molar-refractivity contribution is 5.47. The summed E-state index contributed by atoms with van der Waals surface area (Å²) in [4.78, 5) is 0. The van der Waals surface area contributed by atoms with E-state index in [9.17, 15) is 0 Å². The second-order valence-corrected chi connectivity index (χ2v) is 7.26. The molecule has 0 saturated carbocycles. The molecule has 2 heterocycles. The zero-order chi connectivity index (χ0) is 18.6. The van der Waals surface area contributed by atoms with Crippen molar-refractivity contribution in [3.63, 3.8) is 0 Å². The number of hydrogen-bond acceptors (Lipinski definition) is 3. The fraction of sp³-hybridized carbons (Fsp3) is 0.333. The first-order chi connectivity index (χ1) is 13.2. The van der Waals surface area contributed by atoms with Crippen molar-refractivity contribution in [2.45, 2.75) is 37.3 Å². The van der Waals surface area contributed by atoms with Crippen LogP contribution in [0, 0.1) is 0 Å². The summed E-state index contributed by atoms with van der Waals surface area (Å²) in [7, 11) is 0. The highest BCUT2D eigenvalue weighted by Gasteiger charge is 2.40. The molecule has 4 atom stereocenters. The van der Waals surface area contributed by atoms with E-state index >= 15 is 0 Å². The summed E-state index contributed by atoms with van der Waals surface area (Å²) >= 11 is 0. The van der Waals surface area contributed by atoms with Crippen LogP contribution >= 0.6 is 0 Å². The van der Waals surface area contributed by atoms with Crippen molar-refractivity contribution in [3.8, 4) is 0 Å². The summed E-state index contributed by atoms with van der Waals surface area (Å²) in [5, 5.41) is 0. The molecule has 0 spiro atoms. The summed E-state index contributed by atoms with van der Waals surface area (Å²) in [6, 6.07) is 17.0. The maximum Gasteiger partial charge on any atom is 0.107 e. The predicted molar refractivity (Wildman–Crippen MR) is 109 cm³/mol. The van der Waals surface area contributed by atoms with Crippen LogP contribution in [0.4, 0.5) is 0 Å². The van der Waals surface area contributed by atoms with E-state index < -0.39 is 0 Å². The third-order valence-corrected chi connectivity index (χ3v) is 5.20. The molecule has 4 unspecified atom stereocenters. The molecule has 0 aromatic heterocycles. The average Bonchev–Trinajstić information content (AvgIpc) is 3.60. The molecule has 0 aliphatic carbocycles. The van der Waals surface area contributed by atoms with Gasteiger partial charge in [-0.2, -0.15) is 0 Å². The minimum absolute atomic E-state index is 0.0567. The standard InChI is InChI=1S/C24H26O3/c1-3-17-5-9-19(10-6-17)13-21(23-15-25-23)27-22(24-16-26-24)14-20-11-7-18(4-2)8-12-20/h3-12,21-24H,1-2,13-16H2. The molecular weight excluding hydrogens is 336 g/mol. The van der Waals surface area contributed by atoms with Crippen molar-refractivity contribution in [1.29, 1.82) is 0 Å². The molecule has 4 rings (SSSR count). The van der Waals surface area contributed by atoms with Crippen LogP contribution in [0.5, 0.6) is 0 Å². The lowest BCUT2D eigenvalue weighted by Gasteiger charge is -2.23. The second kappa shape index (κ2) is 8.22. The third kappa shape index (κ3) is 4.95. The van der Waals surface area contributed by atoms with E-state index in [1.807, 2.05) is 12.2 Å². The van der Waals surface area contributed by atoms with Crippen molar-refractivity contribution in [3.05, 3.63) is 83.9 Å². The van der Waals surface area contributed by atoms with Crippen LogP contribution in [0.2, 0.25) is 0 Å². The van der Waals surface area contributed by atoms with Gasteiger partial charge >= 0.3 is 0 Å². The monoisotopic (exact) mass is 362 g/mol. The maximum atomic E-state index is 6.53. The second-order valence-electron chi connectivity index (χ2n) is 7.26. The number of rotatable bonds is 10. The minimum atomic E-state index is 0.0567. The number of hydrogen-bond donors (Lipinski definition) is 0. The zero-order valence-corrected chi connectivity index (χ0v) is 15.6. The van der Waals surface area contributed by atoms with Gasteiger partial charge in [-0.1, -0.05) is 73.8 Å². The molecule has 0 N–H and O–H groups in total. The van der Waals surface area contributed by atoms with Gasteiger partial charge in [-0.25, -0.2) is 0 Å². The third-order valence-electron chi connectivity index (χ3n) is 5.20. The topological polar surface area (TPSA) is 34.3 Å². The van der Waals surface area contributed by atoms with Gasteiger partial charge in [0.25, 0.3) is 0 Å². The highest BCUT2D eigenvalue weighted by atomic mass is 16.6. The minimum Gasteiger partial charge on any atom is -0.370 e. The van der Waals surface area contributed by atoms with Gasteiger partial charge in [0.15, 0.2) is 0 Å². The largest absolute Gasteiger partial charge is 0.370 e. The molecule has 140 valence electrons. The van der Waals surface area contributed by atoms with Crippen LogP contribution in [0.25, 0.3) is 12.2 Å². The van der Waals surface area contributed by atoms with Gasteiger partial charge in [0.1, 0.15) is 12.2 Å². The lowest BCUT2D eigenvalue weighted by molar-refractivity contribution is -0.0369. The molecule has 0 radical (unpaired) electrons. The van der Waals surface area contributed by atoms with Crippen molar-refractivity contribution in [2.24, 2.45) is 0 Å². The van der Waals surface area contributed by atoms with E-state index in [2.05, 4.69) is 61.7 Å². The number of epoxide rings is 2. The first-order valence-electron chi connectivity index (χ1n) is 9.56. The first kappa shape index (κ1) is 18.2. The van der Waals surface area contributed by atoms with Crippen LogP contribution in [-0.2, 0) is 27.1 Å². The molecule has 2 aliphatic rings. The van der Waals surface area contributed by atoms with Crippen LogP contribution in [0.3, 0.4) is 0 Å². The SMILES string of the molecule is C=Cc1ccc(CC(OC(Cc2ccc(C=C)cc2)C2CO2)C2CO2)cc1. The van der Waals surface area contributed by atoms with Gasteiger partial charge < -0.3 is 14.2 Å². The zero-order valence-electron chi connectivity index (χ0n) is 15.6. The summed E-state index contributed by atoms with van der Waals surface area (Å²) in [5.74, 6) is 0. The highest BCUT2D eigenvalue weighted by Crippen LogP contribution is 2.28. The van der Waals surface area contributed by atoms with Crippen molar-refractivity contribution < 1.29 is 14.2 Å². The van der Waals surface area contributed by atoms with Gasteiger partial charge in [-0.05, 0) is 22.3 Å². The lowest BCUT2D eigenvalue weighted by Crippen LogP contribution is -2.33. The van der Waals surface area contributed by atoms with E-state index in [4.69, 9.17) is 14.2 Å². The Morgan fingerprint density at radius 2 is 1.15 bits per heavy atom. The van der Waals surface area contributed by atoms with Crippen LogP contribution in [-0.4, -0.2) is 37.6 Å². The number of benzene rings is 2. The average molecular weight is 362 g/mol. The van der Waals surface area contributed by atoms with Crippen molar-refractivity contribution in [2.75, 3.05) is 13.2 Å². The fourth-order valence-electron chi connectivity index (χ4n) is 3.34. The molecule has 2 aromatic carbocycles. The fourth-order valence-corrected chi connectivity index (χ4v) is 3.34. The smallest absolute Gasteiger partial charge is 0.107 e. The Bertz CT molecular complexity index is 703. The predicted octanol–water partition coefficient (Wildman–Crippen LogP) is 4.31. The normalized spacial score (nSPS) is 22.7. The molecule has 2 aromatic rings. The molecule has 0 bridgehead atoms. The summed E-state index contributed by atoms with van der Waals surface area (Å²) in [6.07, 6.45) is 5.91. The van der Waals surface area contributed by atoms with Crippen LogP contribution in [0.15, 0.2) is 61.7 Å². The van der Waals surface area contributed by atoms with E-state index in [0.717, 1.165) is 37.2 Å². The van der Waals surface area contributed by atoms with Gasteiger partial charge in [-0.15, -0.1) is 0 Å². The number of ether oxygens (including phenoxy) is 3. The molecule has 2 fully saturated rings. The Labute approximate surface area is 161 Å². The van der Waals surface area contributed by atoms with Gasteiger partial charge in [0, 0.05) is 12.8 Å². The first-order valence-corrected chi connectivity index (χ1v) is 9.56. The van der Waals surface area contributed by atoms with E-state index in [1.165, 1.54) is 11.1 Å². The van der Waals surface area contributed by atoms with E-state index in [1.54, 1.807) is 0 Å². The van der Waals surface area contributed by atoms with Crippen molar-refractivity contribution in [1.82, 2.24) is 0 Å². The Morgan fingerprint density at radius 1 is 0.778 bits per heavy atom. The van der Waals surface area contributed by atoms with E-state index in [0.29, 0.717) is 0 Å². The molecule has 0 amide bonds. The Hall–Kier alpha value is -2.20. The summed E-state index contributed by atoms with van der Waals surface area (Å²) < 4.78 is 17.7. The molecule has 2 saturated heterocycles. The quantitative estimate of drug-likeness (QED) is 0.591. The van der Waals surface area contributed by atoms with Crippen molar-refractivity contribution >= 4 is 12.2 Å². The van der Waals surface area contributed by atoms with Gasteiger partial charge in [0.05, 0.1) is 25.4 Å². The molecule has 3 heteroatoms. The Balaban J connectivity index is 1.43. The molecule has 27 heavy (non-hydrogen) atoms. The molecular formula is C24H26O3. The summed E-state index contributed by atoms with van der Waals surface area (Å²) in [6.45, 7) is 9.18. The van der Waals surface area contributed by atoms with Crippen LogP contribution in [0.1, 0.15) is 22.3 Å². The summed E-state index contributed by atoms with van der Waals surface area (Å²) in [5.41, 5.74) is 4.77. The van der Waals surface area contributed by atoms with E-state index in [-0.39, 0.29) is 24.4 Å².